The van der Waals surface area contributed by atoms with Crippen molar-refractivity contribution in [2.75, 3.05) is 12.4 Å². The van der Waals surface area contributed by atoms with E-state index in [0.717, 1.165) is 11.8 Å². The first-order valence-electron chi connectivity index (χ1n) is 5.24. The Balaban J connectivity index is 2.23. The van der Waals surface area contributed by atoms with Gasteiger partial charge in [-0.25, -0.2) is 9.37 Å². The molecule has 0 unspecified atom stereocenters. The zero-order chi connectivity index (χ0) is 13.8. The summed E-state index contributed by atoms with van der Waals surface area (Å²) < 4.78 is 18.6. The van der Waals surface area contributed by atoms with Gasteiger partial charge in [-0.05, 0) is 0 Å². The van der Waals surface area contributed by atoms with Crippen molar-refractivity contribution in [3.05, 3.63) is 44.6 Å². The van der Waals surface area contributed by atoms with Crippen molar-refractivity contribution in [3.8, 4) is 5.75 Å². The molecule has 8 heteroatoms. The van der Waals surface area contributed by atoms with Crippen LogP contribution < -0.4 is 10.1 Å². The van der Waals surface area contributed by atoms with Gasteiger partial charge in [0, 0.05) is 11.4 Å². The number of ether oxygens (including phenoxy) is 1. The molecule has 0 amide bonds. The van der Waals surface area contributed by atoms with Crippen molar-refractivity contribution >= 4 is 22.7 Å². The molecule has 6 nitrogen and oxygen atoms in total. The van der Waals surface area contributed by atoms with Crippen LogP contribution in [0.25, 0.3) is 0 Å². The molecule has 1 aromatic carbocycles. The maximum atomic E-state index is 13.7. The number of nitrogens with one attached hydrogen (secondary N) is 1. The van der Waals surface area contributed by atoms with Crippen LogP contribution in [0.4, 0.5) is 15.8 Å². The number of methoxy groups -OCH3 is 1. The third-order valence-electron chi connectivity index (χ3n) is 2.41. The van der Waals surface area contributed by atoms with Gasteiger partial charge in [0.1, 0.15) is 0 Å². The number of hydrogen-bond acceptors (Lipinski definition) is 6. The van der Waals surface area contributed by atoms with Crippen molar-refractivity contribution in [2.45, 2.75) is 6.54 Å². The summed E-state index contributed by atoms with van der Waals surface area (Å²) in [6, 6.07) is 2.10. The van der Waals surface area contributed by atoms with Crippen LogP contribution in [0, 0.1) is 15.9 Å². The van der Waals surface area contributed by atoms with Crippen molar-refractivity contribution in [2.24, 2.45) is 0 Å². The number of anilines is 1. The van der Waals surface area contributed by atoms with E-state index in [-0.39, 0.29) is 11.4 Å². The number of aromatic nitrogens is 1. The zero-order valence-corrected chi connectivity index (χ0v) is 10.7. The highest BCUT2D eigenvalue weighted by atomic mass is 32.1. The van der Waals surface area contributed by atoms with E-state index < -0.39 is 16.4 Å². The lowest BCUT2D eigenvalue weighted by Crippen LogP contribution is -2.03. The van der Waals surface area contributed by atoms with Crippen LogP contribution in [0.2, 0.25) is 0 Å². The maximum Gasteiger partial charge on any atom is 0.313 e. The monoisotopic (exact) mass is 283 g/mol. The molecule has 100 valence electrons. The van der Waals surface area contributed by atoms with Crippen LogP contribution in [-0.2, 0) is 6.54 Å². The van der Waals surface area contributed by atoms with Crippen LogP contribution in [0.1, 0.15) is 5.69 Å². The molecule has 0 aliphatic carbocycles. The number of benzene rings is 1. The largest absolute Gasteiger partial charge is 0.490 e. The van der Waals surface area contributed by atoms with Crippen molar-refractivity contribution in [3.63, 3.8) is 0 Å². The SMILES string of the molecule is COc1cc(NCc2cscn2)c(F)cc1[N+](=O)[O-]. The average Bonchev–Trinajstić information content (AvgIpc) is 2.90. The highest BCUT2D eigenvalue weighted by molar-refractivity contribution is 7.07. The fraction of sp³-hybridized carbons (Fsp3) is 0.182. The molecule has 0 radical (unpaired) electrons. The molecule has 0 atom stereocenters. The van der Waals surface area contributed by atoms with Crippen LogP contribution in [0.3, 0.4) is 0 Å². The first-order valence-corrected chi connectivity index (χ1v) is 6.19. The lowest BCUT2D eigenvalue weighted by molar-refractivity contribution is -0.385. The first-order chi connectivity index (χ1) is 9.11. The highest BCUT2D eigenvalue weighted by Crippen LogP contribution is 2.32. The molecule has 0 bridgehead atoms. The van der Waals surface area contributed by atoms with Crippen molar-refractivity contribution < 1.29 is 14.1 Å². The van der Waals surface area contributed by atoms with Crippen molar-refractivity contribution in [1.29, 1.82) is 0 Å². The second kappa shape index (κ2) is 5.61. The van der Waals surface area contributed by atoms with Crippen LogP contribution in [0.15, 0.2) is 23.0 Å². The Bertz CT molecular complexity index is 589. The molecule has 0 fully saturated rings. The molecule has 2 aromatic rings. The smallest absolute Gasteiger partial charge is 0.313 e. The molecule has 1 aromatic heterocycles. The number of halogens is 1. The molecule has 1 N–H and O–H groups in total. The molecular weight excluding hydrogens is 273 g/mol. The molecule has 0 saturated heterocycles. The number of nitrogens with zero attached hydrogens (tertiary/aromatic N) is 2. The van der Waals surface area contributed by atoms with Gasteiger partial charge in [0.15, 0.2) is 11.6 Å². The van der Waals surface area contributed by atoms with Crippen LogP contribution in [-0.4, -0.2) is 17.0 Å². The Morgan fingerprint density at radius 3 is 2.95 bits per heavy atom. The van der Waals surface area contributed by atoms with Gasteiger partial charge in [0.05, 0.1) is 41.5 Å². The minimum Gasteiger partial charge on any atom is -0.490 e. The van der Waals surface area contributed by atoms with Gasteiger partial charge in [0.2, 0.25) is 0 Å². The first kappa shape index (κ1) is 13.2. The lowest BCUT2D eigenvalue weighted by Gasteiger charge is -2.08. The quantitative estimate of drug-likeness (QED) is 0.674. The Kier molecular flexibility index (Phi) is 3.91. The number of nitro groups is 1. The van der Waals surface area contributed by atoms with Gasteiger partial charge < -0.3 is 10.1 Å². The zero-order valence-electron chi connectivity index (χ0n) is 9.92. The Morgan fingerprint density at radius 2 is 2.37 bits per heavy atom. The molecule has 0 aliphatic heterocycles. The molecule has 2 rings (SSSR count). The topological polar surface area (TPSA) is 77.3 Å². The van der Waals surface area contributed by atoms with E-state index in [1.54, 1.807) is 5.51 Å². The maximum absolute atomic E-state index is 13.7. The summed E-state index contributed by atoms with van der Waals surface area (Å²) in [5.74, 6) is -0.699. The van der Waals surface area contributed by atoms with Gasteiger partial charge in [0.25, 0.3) is 0 Å². The van der Waals surface area contributed by atoms with E-state index in [1.165, 1.54) is 24.5 Å². The number of thiazole rings is 1. The van der Waals surface area contributed by atoms with Gasteiger partial charge >= 0.3 is 5.69 Å². The summed E-state index contributed by atoms with van der Waals surface area (Å²) in [6.07, 6.45) is 0. The van der Waals surface area contributed by atoms with E-state index in [0.29, 0.717) is 6.54 Å². The third-order valence-corrected chi connectivity index (χ3v) is 3.04. The molecule has 19 heavy (non-hydrogen) atoms. The average molecular weight is 283 g/mol. The second-order valence-corrected chi connectivity index (χ2v) is 4.31. The summed E-state index contributed by atoms with van der Waals surface area (Å²) in [6.45, 7) is 0.335. The highest BCUT2D eigenvalue weighted by Gasteiger charge is 2.19. The normalized spacial score (nSPS) is 10.2. The predicted octanol–water partition coefficient (Wildman–Crippen LogP) is 2.81. The summed E-state index contributed by atoms with van der Waals surface area (Å²) in [7, 11) is 1.30. The number of hydrogen-bond donors (Lipinski definition) is 1. The standard InChI is InChI=1S/C11H10FN3O3S/c1-18-11-3-9(8(12)2-10(11)15(16)17)13-4-7-5-19-6-14-7/h2-3,5-6,13H,4H2,1H3. The molecule has 1 heterocycles. The number of rotatable bonds is 5. The summed E-state index contributed by atoms with van der Waals surface area (Å²) in [4.78, 5) is 14.1. The van der Waals surface area contributed by atoms with Gasteiger partial charge in [-0.1, -0.05) is 0 Å². The molecule has 0 saturated carbocycles. The van der Waals surface area contributed by atoms with E-state index in [1.807, 2.05) is 5.38 Å². The molecule has 0 aliphatic rings. The minimum absolute atomic E-state index is 0.00665. The van der Waals surface area contributed by atoms with Gasteiger partial charge in [-0.2, -0.15) is 0 Å². The van der Waals surface area contributed by atoms with E-state index >= 15 is 0 Å². The minimum atomic E-state index is -0.706. The fourth-order valence-corrected chi connectivity index (χ4v) is 2.05. The molecular formula is C11H10FN3O3S. The summed E-state index contributed by atoms with van der Waals surface area (Å²) in [5.41, 5.74) is 2.17. The van der Waals surface area contributed by atoms with Crippen molar-refractivity contribution in [1.82, 2.24) is 4.98 Å². The van der Waals surface area contributed by atoms with Gasteiger partial charge in [-0.15, -0.1) is 11.3 Å². The molecule has 0 spiro atoms. The fourth-order valence-electron chi connectivity index (χ4n) is 1.50. The van der Waals surface area contributed by atoms with Crippen LogP contribution in [0.5, 0.6) is 5.75 Å². The van der Waals surface area contributed by atoms with E-state index in [2.05, 4.69) is 10.3 Å². The van der Waals surface area contributed by atoms with E-state index in [9.17, 15) is 14.5 Å². The van der Waals surface area contributed by atoms with Crippen LogP contribution >= 0.6 is 11.3 Å². The predicted molar refractivity (Wildman–Crippen MR) is 69.0 cm³/mol. The third kappa shape index (κ3) is 2.97. The Hall–Kier alpha value is -2.22. The number of nitro benzene ring substituents is 1. The summed E-state index contributed by atoms with van der Waals surface area (Å²) >= 11 is 1.43. The Morgan fingerprint density at radius 1 is 1.58 bits per heavy atom. The second-order valence-electron chi connectivity index (χ2n) is 3.59. The Labute approximate surface area is 112 Å². The van der Waals surface area contributed by atoms with Gasteiger partial charge in [-0.3, -0.25) is 10.1 Å². The lowest BCUT2D eigenvalue weighted by atomic mass is 10.2. The summed E-state index contributed by atoms with van der Waals surface area (Å²) in [5, 5.41) is 15.4. The van der Waals surface area contributed by atoms with E-state index in [4.69, 9.17) is 4.74 Å².